The van der Waals surface area contributed by atoms with E-state index in [0.717, 1.165) is 16.9 Å². The highest BCUT2D eigenvalue weighted by Gasteiger charge is 2.08. The third-order valence-corrected chi connectivity index (χ3v) is 2.41. The lowest BCUT2D eigenvalue weighted by atomic mass is 10.0. The molecule has 4 heteroatoms. The highest BCUT2D eigenvalue weighted by molar-refractivity contribution is 5.33. The zero-order valence-electron chi connectivity index (χ0n) is 9.00. The molecule has 0 saturated heterocycles. The predicted octanol–water partition coefficient (Wildman–Crippen LogP) is 1.53. The molecule has 1 unspecified atom stereocenters. The smallest absolute Gasteiger partial charge is 0.118 e. The van der Waals surface area contributed by atoms with Gasteiger partial charge in [0.1, 0.15) is 12.1 Å². The summed E-state index contributed by atoms with van der Waals surface area (Å²) >= 11 is 0. The van der Waals surface area contributed by atoms with Gasteiger partial charge in [-0.2, -0.15) is 0 Å². The van der Waals surface area contributed by atoms with Gasteiger partial charge in [-0.15, -0.1) is 0 Å². The van der Waals surface area contributed by atoms with Crippen molar-refractivity contribution in [3.8, 4) is 5.75 Å². The average Bonchev–Trinajstić information content (AvgIpc) is 2.39. The topological polar surface area (TPSA) is 61.0 Å². The molecule has 0 fully saturated rings. The molecular formula is C12H13N3O. The fourth-order valence-electron chi connectivity index (χ4n) is 1.47. The molecule has 2 rings (SSSR count). The number of hydrogen-bond donors (Lipinski definition) is 1. The Morgan fingerprint density at radius 2 is 1.69 bits per heavy atom. The summed E-state index contributed by atoms with van der Waals surface area (Å²) in [7, 11) is 1.64. The van der Waals surface area contributed by atoms with Crippen LogP contribution in [0.5, 0.6) is 5.75 Å². The van der Waals surface area contributed by atoms with Gasteiger partial charge in [0.05, 0.1) is 13.2 Å². The van der Waals surface area contributed by atoms with Gasteiger partial charge in [0, 0.05) is 18.0 Å². The van der Waals surface area contributed by atoms with Crippen molar-refractivity contribution in [2.75, 3.05) is 7.11 Å². The van der Waals surface area contributed by atoms with E-state index in [9.17, 15) is 0 Å². The Labute approximate surface area is 94.1 Å². The van der Waals surface area contributed by atoms with Crippen molar-refractivity contribution in [2.45, 2.75) is 6.04 Å². The number of ether oxygens (including phenoxy) is 1. The summed E-state index contributed by atoms with van der Waals surface area (Å²) in [5.41, 5.74) is 7.99. The largest absolute Gasteiger partial charge is 0.497 e. The molecule has 0 aliphatic heterocycles. The zero-order chi connectivity index (χ0) is 11.4. The fourth-order valence-corrected chi connectivity index (χ4v) is 1.47. The molecule has 0 aliphatic carbocycles. The molecular weight excluding hydrogens is 202 g/mol. The van der Waals surface area contributed by atoms with Gasteiger partial charge in [-0.05, 0) is 17.7 Å². The van der Waals surface area contributed by atoms with Crippen LogP contribution >= 0.6 is 0 Å². The number of rotatable bonds is 3. The molecule has 2 N–H and O–H groups in total. The highest BCUT2D eigenvalue weighted by Crippen LogP contribution is 2.20. The van der Waals surface area contributed by atoms with E-state index < -0.39 is 0 Å². The highest BCUT2D eigenvalue weighted by atomic mass is 16.5. The Morgan fingerprint density at radius 1 is 1.06 bits per heavy atom. The first kappa shape index (κ1) is 10.6. The molecule has 82 valence electrons. The van der Waals surface area contributed by atoms with Crippen LogP contribution in [-0.4, -0.2) is 17.1 Å². The Hall–Kier alpha value is -1.94. The zero-order valence-corrected chi connectivity index (χ0v) is 9.00. The number of benzene rings is 1. The lowest BCUT2D eigenvalue weighted by molar-refractivity contribution is 0.414. The van der Waals surface area contributed by atoms with Crippen molar-refractivity contribution in [3.63, 3.8) is 0 Å². The van der Waals surface area contributed by atoms with Gasteiger partial charge >= 0.3 is 0 Å². The molecule has 0 aliphatic rings. The first-order chi connectivity index (χ1) is 7.81. The molecule has 1 aromatic heterocycles. The molecule has 0 amide bonds. The Balaban J connectivity index is 2.24. The van der Waals surface area contributed by atoms with Crippen LogP contribution in [0, 0.1) is 0 Å². The van der Waals surface area contributed by atoms with Gasteiger partial charge in [0.25, 0.3) is 0 Å². The number of aromatic nitrogens is 2. The van der Waals surface area contributed by atoms with Gasteiger partial charge in [-0.1, -0.05) is 12.1 Å². The standard InChI is InChI=1S/C12H13N3O/c1-16-11-4-2-9(3-5-11)12(13)10-6-14-8-15-7-10/h2-8,12H,13H2,1H3. The molecule has 0 bridgehead atoms. The van der Waals surface area contributed by atoms with Crippen molar-refractivity contribution in [1.29, 1.82) is 0 Å². The average molecular weight is 215 g/mol. The fraction of sp³-hybridized carbons (Fsp3) is 0.167. The summed E-state index contributed by atoms with van der Waals surface area (Å²) in [5.74, 6) is 0.820. The summed E-state index contributed by atoms with van der Waals surface area (Å²) < 4.78 is 5.09. The molecule has 4 nitrogen and oxygen atoms in total. The van der Waals surface area contributed by atoms with Crippen LogP contribution in [0.25, 0.3) is 0 Å². The van der Waals surface area contributed by atoms with Crippen LogP contribution in [0.2, 0.25) is 0 Å². The predicted molar refractivity (Wildman–Crippen MR) is 61.1 cm³/mol. The van der Waals surface area contributed by atoms with Gasteiger partial charge in [-0.25, -0.2) is 9.97 Å². The second-order valence-electron chi connectivity index (χ2n) is 3.42. The van der Waals surface area contributed by atoms with E-state index in [2.05, 4.69) is 9.97 Å². The van der Waals surface area contributed by atoms with Crippen LogP contribution in [-0.2, 0) is 0 Å². The number of nitrogens with zero attached hydrogens (tertiary/aromatic N) is 2. The quantitative estimate of drug-likeness (QED) is 0.843. The summed E-state index contributed by atoms with van der Waals surface area (Å²) in [6.07, 6.45) is 4.94. The number of hydrogen-bond acceptors (Lipinski definition) is 4. The van der Waals surface area contributed by atoms with Crippen molar-refractivity contribution < 1.29 is 4.74 Å². The summed E-state index contributed by atoms with van der Waals surface area (Å²) in [4.78, 5) is 7.90. The second-order valence-corrected chi connectivity index (χ2v) is 3.42. The van der Waals surface area contributed by atoms with Crippen LogP contribution < -0.4 is 10.5 Å². The monoisotopic (exact) mass is 215 g/mol. The van der Waals surface area contributed by atoms with E-state index in [4.69, 9.17) is 10.5 Å². The molecule has 0 saturated carbocycles. The first-order valence-corrected chi connectivity index (χ1v) is 4.95. The molecule has 2 aromatic rings. The lowest BCUT2D eigenvalue weighted by Crippen LogP contribution is -2.12. The Morgan fingerprint density at radius 3 is 2.25 bits per heavy atom. The second kappa shape index (κ2) is 4.72. The number of nitrogens with two attached hydrogens (primary N) is 1. The van der Waals surface area contributed by atoms with Crippen LogP contribution in [0.1, 0.15) is 17.2 Å². The van der Waals surface area contributed by atoms with Crippen molar-refractivity contribution in [1.82, 2.24) is 9.97 Å². The maximum Gasteiger partial charge on any atom is 0.118 e. The molecule has 1 heterocycles. The third kappa shape index (κ3) is 2.17. The van der Waals surface area contributed by atoms with Gasteiger partial charge < -0.3 is 10.5 Å². The molecule has 0 radical (unpaired) electrons. The minimum Gasteiger partial charge on any atom is -0.497 e. The van der Waals surface area contributed by atoms with E-state index in [1.807, 2.05) is 24.3 Å². The van der Waals surface area contributed by atoms with Gasteiger partial charge in [0.15, 0.2) is 0 Å². The van der Waals surface area contributed by atoms with E-state index in [1.54, 1.807) is 19.5 Å². The van der Waals surface area contributed by atoms with Crippen LogP contribution in [0.4, 0.5) is 0 Å². The Kier molecular flexibility index (Phi) is 3.12. The Bertz CT molecular complexity index is 442. The SMILES string of the molecule is COc1ccc(C(N)c2cncnc2)cc1. The first-order valence-electron chi connectivity index (χ1n) is 4.95. The van der Waals surface area contributed by atoms with Gasteiger partial charge in [-0.3, -0.25) is 0 Å². The summed E-state index contributed by atoms with van der Waals surface area (Å²) in [6, 6.07) is 7.46. The van der Waals surface area contributed by atoms with Crippen LogP contribution in [0.15, 0.2) is 43.0 Å². The van der Waals surface area contributed by atoms with Crippen molar-refractivity contribution >= 4 is 0 Å². The van der Waals surface area contributed by atoms with Crippen LogP contribution in [0.3, 0.4) is 0 Å². The molecule has 1 aromatic carbocycles. The van der Waals surface area contributed by atoms with E-state index >= 15 is 0 Å². The van der Waals surface area contributed by atoms with E-state index in [0.29, 0.717) is 0 Å². The van der Waals surface area contributed by atoms with Crippen molar-refractivity contribution in [2.24, 2.45) is 5.73 Å². The minimum absolute atomic E-state index is 0.202. The van der Waals surface area contributed by atoms with E-state index in [1.165, 1.54) is 6.33 Å². The normalized spacial score (nSPS) is 12.1. The van der Waals surface area contributed by atoms with E-state index in [-0.39, 0.29) is 6.04 Å². The third-order valence-electron chi connectivity index (χ3n) is 2.41. The maximum absolute atomic E-state index is 6.09. The molecule has 0 spiro atoms. The maximum atomic E-state index is 6.09. The van der Waals surface area contributed by atoms with Crippen molar-refractivity contribution in [3.05, 3.63) is 54.1 Å². The van der Waals surface area contributed by atoms with Gasteiger partial charge in [0.2, 0.25) is 0 Å². The summed E-state index contributed by atoms with van der Waals surface area (Å²) in [5, 5.41) is 0. The molecule has 1 atom stereocenters. The minimum atomic E-state index is -0.202. The molecule has 16 heavy (non-hydrogen) atoms. The number of methoxy groups -OCH3 is 1. The lowest BCUT2D eigenvalue weighted by Gasteiger charge is -2.11. The summed E-state index contributed by atoms with van der Waals surface area (Å²) in [6.45, 7) is 0.